The minimum atomic E-state index is -1.06. The molecule has 1 amide bonds. The van der Waals surface area contributed by atoms with Crippen LogP contribution in [0.1, 0.15) is 55.1 Å². The normalized spacial score (nSPS) is 16.1. The van der Waals surface area contributed by atoms with Gasteiger partial charge < -0.3 is 19.8 Å². The van der Waals surface area contributed by atoms with E-state index in [9.17, 15) is 9.35 Å². The lowest BCUT2D eigenvalue weighted by Gasteiger charge is -2.35. The molecule has 3 heterocycles. The molecule has 0 bridgehead atoms. The number of pyridine rings is 1. The monoisotopic (exact) mass is 516 g/mol. The van der Waals surface area contributed by atoms with Gasteiger partial charge in [-0.25, -0.2) is 4.98 Å². The summed E-state index contributed by atoms with van der Waals surface area (Å²) in [6, 6.07) is 12.7. The fourth-order valence-electron chi connectivity index (χ4n) is 5.45. The number of H-pyrrole nitrogens is 1. The highest BCUT2D eigenvalue weighted by atomic mass is 32.2. The number of fused-ring (bicyclic) bond motifs is 3. The average molecular weight is 517 g/mol. The molecule has 1 atom stereocenters. The molecule has 6 nitrogen and oxygen atoms in total. The Hall–Kier alpha value is -2.87. The van der Waals surface area contributed by atoms with Crippen LogP contribution >= 0.6 is 0 Å². The van der Waals surface area contributed by atoms with Gasteiger partial charge in [0, 0.05) is 53.8 Å². The maximum absolute atomic E-state index is 13.7. The molecule has 2 aromatic heterocycles. The standard InChI is InChI=1S/C30H36N4O2S/c1-6-37(36)23-9-7-8-21(15-23)25-16-24(30(35)32-22-10-12-34(13-11-22)18(2)3)20(5)28-27(25)26-14-19(4)17-31-29(26)33-28/h7-9,14-18,22H,6,10-13H2,1-5H3,(H,31,33)(H,32,35). The maximum atomic E-state index is 13.7. The fraction of sp³-hybridized carbons (Fsp3) is 0.400. The molecule has 2 aromatic carbocycles. The zero-order chi connectivity index (χ0) is 26.3. The number of aromatic nitrogens is 2. The topological polar surface area (TPSA) is 84.1 Å². The van der Waals surface area contributed by atoms with Crippen molar-refractivity contribution in [1.82, 2.24) is 20.2 Å². The first-order chi connectivity index (χ1) is 17.8. The molecule has 37 heavy (non-hydrogen) atoms. The molecule has 0 saturated carbocycles. The third-order valence-corrected chi connectivity index (χ3v) is 8.94. The summed E-state index contributed by atoms with van der Waals surface area (Å²) < 4.78 is 12.6. The molecular weight excluding hydrogens is 480 g/mol. The zero-order valence-corrected chi connectivity index (χ0v) is 23.2. The summed E-state index contributed by atoms with van der Waals surface area (Å²) in [7, 11) is 0. The van der Waals surface area contributed by atoms with E-state index in [1.807, 2.05) is 57.3 Å². The van der Waals surface area contributed by atoms with E-state index in [1.165, 1.54) is 0 Å². The van der Waals surface area contributed by atoms with E-state index in [4.69, 9.17) is 0 Å². The van der Waals surface area contributed by atoms with Gasteiger partial charge in [0.25, 0.3) is 5.91 Å². The lowest BCUT2D eigenvalue weighted by Crippen LogP contribution is -2.46. The van der Waals surface area contributed by atoms with Crippen LogP contribution in [0.3, 0.4) is 0 Å². The molecule has 4 aromatic rings. The van der Waals surface area contributed by atoms with E-state index in [0.29, 0.717) is 17.4 Å². The van der Waals surface area contributed by atoms with Crippen molar-refractivity contribution in [3.8, 4) is 11.1 Å². The second-order valence-corrected chi connectivity index (χ2v) is 12.2. The van der Waals surface area contributed by atoms with Gasteiger partial charge in [-0.2, -0.15) is 0 Å². The highest BCUT2D eigenvalue weighted by molar-refractivity contribution is 7.91. The highest BCUT2D eigenvalue weighted by Gasteiger charge is 2.25. The minimum absolute atomic E-state index is 0.0419. The van der Waals surface area contributed by atoms with Crippen molar-refractivity contribution in [2.24, 2.45) is 0 Å². The van der Waals surface area contributed by atoms with Crippen molar-refractivity contribution in [3.05, 3.63) is 59.3 Å². The third kappa shape index (κ3) is 5.00. The molecule has 0 radical (unpaired) electrons. The molecule has 7 heteroatoms. The van der Waals surface area contributed by atoms with Gasteiger partial charge in [-0.05, 0) is 99.1 Å². The fourth-order valence-corrected chi connectivity index (χ4v) is 6.28. The lowest BCUT2D eigenvalue weighted by atomic mass is 9.93. The van der Waals surface area contributed by atoms with Crippen LogP contribution in [-0.4, -0.2) is 56.3 Å². The van der Waals surface area contributed by atoms with E-state index in [1.54, 1.807) is 0 Å². The Labute approximate surface area is 222 Å². The first-order valence-corrected chi connectivity index (χ1v) is 14.5. The van der Waals surface area contributed by atoms with Gasteiger partial charge in [0.1, 0.15) is 11.4 Å². The second kappa shape index (κ2) is 10.5. The number of benzene rings is 2. The summed E-state index contributed by atoms with van der Waals surface area (Å²) in [6.07, 6.45) is 3.77. The van der Waals surface area contributed by atoms with Crippen molar-refractivity contribution in [2.45, 2.75) is 64.4 Å². The van der Waals surface area contributed by atoms with Gasteiger partial charge in [-0.3, -0.25) is 4.79 Å². The van der Waals surface area contributed by atoms with Crippen molar-refractivity contribution in [2.75, 3.05) is 18.8 Å². The first-order valence-electron chi connectivity index (χ1n) is 13.2. The first kappa shape index (κ1) is 25.8. The summed E-state index contributed by atoms with van der Waals surface area (Å²) in [5.74, 6) is 0.520. The van der Waals surface area contributed by atoms with Crippen LogP contribution in [0.5, 0.6) is 0 Å². The number of amides is 1. The summed E-state index contributed by atoms with van der Waals surface area (Å²) in [6.45, 7) is 12.4. The van der Waals surface area contributed by atoms with E-state index < -0.39 is 11.2 Å². The Kier molecular flexibility index (Phi) is 7.30. The van der Waals surface area contributed by atoms with E-state index in [-0.39, 0.29) is 11.9 Å². The van der Waals surface area contributed by atoms with Crippen LogP contribution in [0.15, 0.2) is 47.5 Å². The number of aromatic amines is 1. The van der Waals surface area contributed by atoms with Crippen molar-refractivity contribution in [1.29, 1.82) is 0 Å². The molecule has 194 valence electrons. The Balaban J connectivity index is 1.61. The number of nitrogens with zero attached hydrogens (tertiary/aromatic N) is 2. The Morgan fingerprint density at radius 1 is 1.22 bits per heavy atom. The van der Waals surface area contributed by atoms with Crippen LogP contribution in [0, 0.1) is 13.8 Å². The van der Waals surface area contributed by atoms with Gasteiger partial charge >= 0.3 is 0 Å². The highest BCUT2D eigenvalue weighted by Crippen LogP contribution is 2.38. The van der Waals surface area contributed by atoms with Gasteiger partial charge in [0.05, 0.1) is 5.52 Å². The number of hydrogen-bond donors (Lipinski definition) is 2. The molecular formula is C30H36N4O2S. The summed E-state index contributed by atoms with van der Waals surface area (Å²) in [5.41, 5.74) is 6.29. The van der Waals surface area contributed by atoms with E-state index >= 15 is 0 Å². The van der Waals surface area contributed by atoms with Crippen molar-refractivity contribution in [3.63, 3.8) is 0 Å². The van der Waals surface area contributed by atoms with Gasteiger partial charge in [0.2, 0.25) is 0 Å². The van der Waals surface area contributed by atoms with Crippen LogP contribution in [-0.2, 0) is 11.2 Å². The second-order valence-electron chi connectivity index (χ2n) is 10.4. The lowest BCUT2D eigenvalue weighted by molar-refractivity contribution is 0.0900. The quantitative estimate of drug-likeness (QED) is 0.321. The van der Waals surface area contributed by atoms with Gasteiger partial charge in [-0.15, -0.1) is 0 Å². The predicted octanol–water partition coefficient (Wildman–Crippen LogP) is 5.73. The summed E-state index contributed by atoms with van der Waals surface area (Å²) in [5, 5.41) is 5.39. The average Bonchev–Trinajstić information content (AvgIpc) is 3.28. The molecule has 1 fully saturated rings. The van der Waals surface area contributed by atoms with E-state index in [2.05, 4.69) is 40.1 Å². The summed E-state index contributed by atoms with van der Waals surface area (Å²) in [4.78, 5) is 25.0. The minimum Gasteiger partial charge on any atom is -0.611 e. The van der Waals surface area contributed by atoms with Crippen molar-refractivity contribution >= 4 is 39.0 Å². The van der Waals surface area contributed by atoms with Crippen LogP contribution in [0.25, 0.3) is 33.1 Å². The predicted molar refractivity (Wildman–Crippen MR) is 153 cm³/mol. The molecule has 1 aliphatic heterocycles. The number of carbonyl (C=O) groups is 1. The zero-order valence-electron chi connectivity index (χ0n) is 22.4. The Morgan fingerprint density at radius 3 is 2.68 bits per heavy atom. The molecule has 1 saturated heterocycles. The molecule has 0 aliphatic carbocycles. The van der Waals surface area contributed by atoms with Gasteiger partial charge in [-0.1, -0.05) is 12.1 Å². The molecule has 1 aliphatic rings. The van der Waals surface area contributed by atoms with Crippen LogP contribution in [0.2, 0.25) is 0 Å². The Morgan fingerprint density at radius 2 is 1.97 bits per heavy atom. The number of hydrogen-bond acceptors (Lipinski definition) is 4. The number of piperidine rings is 1. The Bertz CT molecular complexity index is 1450. The molecule has 5 rings (SSSR count). The number of carbonyl (C=O) groups excluding carboxylic acids is 1. The number of likely N-dealkylation sites (tertiary alicyclic amines) is 1. The molecule has 0 spiro atoms. The summed E-state index contributed by atoms with van der Waals surface area (Å²) >= 11 is -1.06. The van der Waals surface area contributed by atoms with Crippen LogP contribution < -0.4 is 5.32 Å². The molecule has 2 N–H and O–H groups in total. The maximum Gasteiger partial charge on any atom is 0.251 e. The number of aryl methyl sites for hydroxylation is 2. The van der Waals surface area contributed by atoms with Gasteiger partial charge in [0.15, 0.2) is 4.90 Å². The molecule has 1 unspecified atom stereocenters. The van der Waals surface area contributed by atoms with Crippen LogP contribution in [0.4, 0.5) is 0 Å². The smallest absolute Gasteiger partial charge is 0.251 e. The number of nitrogens with one attached hydrogen (secondary N) is 2. The van der Waals surface area contributed by atoms with Crippen molar-refractivity contribution < 1.29 is 9.35 Å². The third-order valence-electron chi connectivity index (χ3n) is 7.63. The SMILES string of the molecule is CC[S+]([O-])c1cccc(-c2cc(C(=O)NC3CCN(C(C)C)CC3)c(C)c3[nH]c4ncc(C)cc4c23)c1. The largest absolute Gasteiger partial charge is 0.611 e. The number of rotatable bonds is 6. The van der Waals surface area contributed by atoms with E-state index in [0.717, 1.165) is 75.0 Å².